The van der Waals surface area contributed by atoms with Crippen LogP contribution in [-0.4, -0.2) is 89.3 Å². The van der Waals surface area contributed by atoms with Crippen LogP contribution in [0, 0.1) is 0 Å². The number of anilines is 1. The Hall–Kier alpha value is -1.88. The van der Waals surface area contributed by atoms with E-state index in [1.165, 1.54) is 4.31 Å². The predicted molar refractivity (Wildman–Crippen MR) is 114 cm³/mol. The summed E-state index contributed by atoms with van der Waals surface area (Å²) in [6.45, 7) is 3.86. The molecule has 1 fully saturated rings. The molecule has 0 spiro atoms. The van der Waals surface area contributed by atoms with Crippen molar-refractivity contribution >= 4 is 21.7 Å². The van der Waals surface area contributed by atoms with Crippen molar-refractivity contribution in [3.8, 4) is 5.75 Å². The number of sulfonamides is 1. The average Bonchev–Trinajstić information content (AvgIpc) is 2.73. The van der Waals surface area contributed by atoms with Crippen LogP contribution < -0.4 is 9.64 Å². The molecule has 10 heteroatoms. The minimum absolute atomic E-state index is 0.0411. The number of benzene rings is 1. The van der Waals surface area contributed by atoms with Gasteiger partial charge >= 0.3 is 5.97 Å². The van der Waals surface area contributed by atoms with Crippen molar-refractivity contribution in [3.05, 3.63) is 24.3 Å². The number of carboxylic acids is 1. The van der Waals surface area contributed by atoms with Crippen LogP contribution in [0.15, 0.2) is 24.3 Å². The standard InChI is InChI=1S/C20H32N2O7S/c1-27-15-16-29-19-7-5-18(6-8-19)21-9-11-22(12-10-21)30(25,26)17-3-14-28-13-2-4-20(23)24/h5-8H,2-4,9-17H2,1H3,(H,23,24). The molecule has 0 aromatic heterocycles. The minimum atomic E-state index is -3.31. The lowest BCUT2D eigenvalue weighted by Gasteiger charge is -2.35. The van der Waals surface area contributed by atoms with Crippen molar-refractivity contribution < 1.29 is 32.5 Å². The van der Waals surface area contributed by atoms with Gasteiger partial charge in [-0.3, -0.25) is 4.79 Å². The zero-order valence-electron chi connectivity index (χ0n) is 17.5. The minimum Gasteiger partial charge on any atom is -0.491 e. The molecule has 9 nitrogen and oxygen atoms in total. The van der Waals surface area contributed by atoms with Crippen LogP contribution in [0.25, 0.3) is 0 Å². The van der Waals surface area contributed by atoms with Crippen molar-refractivity contribution in [2.45, 2.75) is 19.3 Å². The first-order chi connectivity index (χ1) is 14.4. The second kappa shape index (κ2) is 12.7. The number of carboxylic acid groups (broad SMARTS) is 1. The molecule has 0 atom stereocenters. The molecule has 1 saturated heterocycles. The molecule has 1 aliphatic rings. The number of aliphatic carboxylic acids is 1. The van der Waals surface area contributed by atoms with Gasteiger partial charge in [-0.2, -0.15) is 4.31 Å². The Morgan fingerprint density at radius 1 is 1.00 bits per heavy atom. The van der Waals surface area contributed by atoms with Crippen LogP contribution >= 0.6 is 0 Å². The molecule has 2 rings (SSSR count). The third-order valence-electron chi connectivity index (χ3n) is 4.76. The maximum Gasteiger partial charge on any atom is 0.303 e. The summed E-state index contributed by atoms with van der Waals surface area (Å²) >= 11 is 0. The molecule has 0 aliphatic carbocycles. The highest BCUT2D eigenvalue weighted by atomic mass is 32.2. The largest absolute Gasteiger partial charge is 0.491 e. The summed E-state index contributed by atoms with van der Waals surface area (Å²) in [5.41, 5.74) is 1.04. The summed E-state index contributed by atoms with van der Waals surface area (Å²) in [6.07, 6.45) is 0.899. The summed E-state index contributed by atoms with van der Waals surface area (Å²) in [5, 5.41) is 8.56. The number of methoxy groups -OCH3 is 1. The third-order valence-corrected chi connectivity index (χ3v) is 6.72. The van der Waals surface area contributed by atoms with Gasteiger partial charge in [0.05, 0.1) is 12.4 Å². The highest BCUT2D eigenvalue weighted by Crippen LogP contribution is 2.21. The number of ether oxygens (including phenoxy) is 3. The van der Waals surface area contributed by atoms with Crippen molar-refractivity contribution in [2.75, 3.05) is 70.4 Å². The summed E-state index contributed by atoms with van der Waals surface area (Å²) in [5.74, 6) is -0.0340. The van der Waals surface area contributed by atoms with Crippen LogP contribution in [-0.2, 0) is 24.3 Å². The second-order valence-electron chi connectivity index (χ2n) is 7.00. The van der Waals surface area contributed by atoms with Crippen molar-refractivity contribution in [2.24, 2.45) is 0 Å². The monoisotopic (exact) mass is 444 g/mol. The van der Waals surface area contributed by atoms with Gasteiger partial charge in [0.15, 0.2) is 0 Å². The van der Waals surface area contributed by atoms with Crippen molar-refractivity contribution in [1.29, 1.82) is 0 Å². The fourth-order valence-corrected chi connectivity index (χ4v) is 4.58. The van der Waals surface area contributed by atoms with E-state index in [9.17, 15) is 13.2 Å². The van der Waals surface area contributed by atoms with E-state index >= 15 is 0 Å². The Kier molecular flexibility index (Phi) is 10.4. The number of nitrogens with zero attached hydrogens (tertiary/aromatic N) is 2. The topological polar surface area (TPSA) is 106 Å². The molecule has 0 saturated carbocycles. The second-order valence-corrected chi connectivity index (χ2v) is 9.09. The van der Waals surface area contributed by atoms with Crippen LogP contribution in [0.3, 0.4) is 0 Å². The van der Waals surface area contributed by atoms with E-state index in [4.69, 9.17) is 19.3 Å². The quantitative estimate of drug-likeness (QED) is 0.430. The number of piperazine rings is 1. The number of carbonyl (C=O) groups is 1. The van der Waals surface area contributed by atoms with Gasteiger partial charge in [-0.05, 0) is 37.1 Å². The Morgan fingerprint density at radius 3 is 2.30 bits per heavy atom. The van der Waals surface area contributed by atoms with E-state index in [-0.39, 0.29) is 12.2 Å². The normalized spacial score (nSPS) is 15.3. The predicted octanol–water partition coefficient (Wildman–Crippen LogP) is 1.44. The lowest BCUT2D eigenvalue weighted by atomic mass is 10.2. The summed E-state index contributed by atoms with van der Waals surface area (Å²) < 4.78 is 42.4. The average molecular weight is 445 g/mol. The van der Waals surface area contributed by atoms with Gasteiger partial charge in [0.2, 0.25) is 10.0 Å². The Morgan fingerprint density at radius 2 is 1.67 bits per heavy atom. The Bertz CT molecular complexity index is 732. The Balaban J connectivity index is 1.69. The lowest BCUT2D eigenvalue weighted by molar-refractivity contribution is -0.137. The van der Waals surface area contributed by atoms with E-state index in [0.29, 0.717) is 65.4 Å². The zero-order chi connectivity index (χ0) is 21.8. The van der Waals surface area contributed by atoms with Crippen LogP contribution in [0.2, 0.25) is 0 Å². The van der Waals surface area contributed by atoms with Gasteiger partial charge in [0.1, 0.15) is 12.4 Å². The molecule has 1 heterocycles. The zero-order valence-corrected chi connectivity index (χ0v) is 18.3. The maximum atomic E-state index is 12.5. The highest BCUT2D eigenvalue weighted by molar-refractivity contribution is 7.89. The fourth-order valence-electron chi connectivity index (χ4n) is 3.12. The Labute approximate surface area is 178 Å². The van der Waals surface area contributed by atoms with E-state index in [0.717, 1.165) is 11.4 Å². The summed E-state index contributed by atoms with van der Waals surface area (Å²) in [7, 11) is -1.68. The number of rotatable bonds is 14. The van der Waals surface area contributed by atoms with E-state index in [2.05, 4.69) is 4.90 Å². The molecule has 1 aromatic rings. The van der Waals surface area contributed by atoms with Gasteiger partial charge in [0, 0.05) is 58.6 Å². The van der Waals surface area contributed by atoms with Gasteiger partial charge < -0.3 is 24.2 Å². The molecular weight excluding hydrogens is 412 g/mol. The number of hydrogen-bond donors (Lipinski definition) is 1. The lowest BCUT2D eigenvalue weighted by Crippen LogP contribution is -2.49. The molecular formula is C20H32N2O7S. The third kappa shape index (κ3) is 8.47. The van der Waals surface area contributed by atoms with E-state index in [1.54, 1.807) is 7.11 Å². The molecule has 0 radical (unpaired) electrons. The molecule has 0 unspecified atom stereocenters. The first-order valence-corrected chi connectivity index (χ1v) is 11.8. The molecule has 30 heavy (non-hydrogen) atoms. The fraction of sp³-hybridized carbons (Fsp3) is 0.650. The van der Waals surface area contributed by atoms with Gasteiger partial charge in [0.25, 0.3) is 0 Å². The molecule has 170 valence electrons. The number of hydrogen-bond acceptors (Lipinski definition) is 7. The van der Waals surface area contributed by atoms with Crippen LogP contribution in [0.4, 0.5) is 5.69 Å². The molecule has 0 amide bonds. The SMILES string of the molecule is COCCOc1ccc(N2CCN(S(=O)(=O)CCCOCCCC(=O)O)CC2)cc1. The van der Waals surface area contributed by atoms with E-state index < -0.39 is 16.0 Å². The molecule has 0 bridgehead atoms. The molecule has 1 N–H and O–H groups in total. The smallest absolute Gasteiger partial charge is 0.303 e. The van der Waals surface area contributed by atoms with Crippen LogP contribution in [0.1, 0.15) is 19.3 Å². The highest BCUT2D eigenvalue weighted by Gasteiger charge is 2.26. The van der Waals surface area contributed by atoms with Gasteiger partial charge in [-0.15, -0.1) is 0 Å². The first-order valence-electron chi connectivity index (χ1n) is 10.2. The molecule has 1 aromatic carbocycles. The molecule has 1 aliphatic heterocycles. The first kappa shape index (κ1) is 24.4. The van der Waals surface area contributed by atoms with E-state index in [1.807, 2.05) is 24.3 Å². The maximum absolute atomic E-state index is 12.5. The van der Waals surface area contributed by atoms with Crippen LogP contribution in [0.5, 0.6) is 5.75 Å². The summed E-state index contributed by atoms with van der Waals surface area (Å²) in [4.78, 5) is 12.6. The van der Waals surface area contributed by atoms with Gasteiger partial charge in [-0.1, -0.05) is 0 Å². The summed E-state index contributed by atoms with van der Waals surface area (Å²) in [6, 6.07) is 7.77. The van der Waals surface area contributed by atoms with Crippen molar-refractivity contribution in [3.63, 3.8) is 0 Å². The van der Waals surface area contributed by atoms with Crippen molar-refractivity contribution in [1.82, 2.24) is 4.31 Å². The van der Waals surface area contributed by atoms with Gasteiger partial charge in [-0.25, -0.2) is 8.42 Å².